The Morgan fingerprint density at radius 1 is 1.37 bits per heavy atom. The summed E-state index contributed by atoms with van der Waals surface area (Å²) in [6.45, 7) is 3.61. The molecule has 0 radical (unpaired) electrons. The van der Waals surface area contributed by atoms with E-state index in [9.17, 15) is 0 Å². The summed E-state index contributed by atoms with van der Waals surface area (Å²) >= 11 is 5.25. The van der Waals surface area contributed by atoms with E-state index in [1.807, 2.05) is 24.3 Å². The van der Waals surface area contributed by atoms with Gasteiger partial charge in [0.2, 0.25) is 0 Å². The Bertz CT molecular complexity index is 399. The van der Waals surface area contributed by atoms with Crippen molar-refractivity contribution in [2.45, 2.75) is 19.4 Å². The molecule has 0 aliphatic carbocycles. The summed E-state index contributed by atoms with van der Waals surface area (Å²) in [5.74, 6) is 0.852. The van der Waals surface area contributed by atoms with Gasteiger partial charge in [0.1, 0.15) is 5.75 Å². The number of ether oxygens (including phenoxy) is 2. The Labute approximate surface area is 120 Å². The van der Waals surface area contributed by atoms with Gasteiger partial charge in [-0.15, -0.1) is 0 Å². The molecule has 1 aromatic carbocycles. The van der Waals surface area contributed by atoms with Crippen LogP contribution in [-0.2, 0) is 4.74 Å². The van der Waals surface area contributed by atoms with Gasteiger partial charge < -0.3 is 20.1 Å². The summed E-state index contributed by atoms with van der Waals surface area (Å²) in [6, 6.07) is 8.09. The minimum Gasteiger partial charge on any atom is -0.497 e. The minimum absolute atomic E-state index is 0.137. The molecule has 0 aliphatic heterocycles. The van der Waals surface area contributed by atoms with E-state index in [0.717, 1.165) is 30.9 Å². The molecule has 0 fully saturated rings. The van der Waals surface area contributed by atoms with Crippen LogP contribution >= 0.6 is 12.2 Å². The van der Waals surface area contributed by atoms with E-state index in [-0.39, 0.29) is 6.04 Å². The van der Waals surface area contributed by atoms with E-state index < -0.39 is 0 Å². The Morgan fingerprint density at radius 3 is 2.84 bits per heavy atom. The highest BCUT2D eigenvalue weighted by Gasteiger charge is 2.07. The molecule has 0 aromatic heterocycles. The largest absolute Gasteiger partial charge is 0.497 e. The molecule has 1 unspecified atom stereocenters. The summed E-state index contributed by atoms with van der Waals surface area (Å²) in [6.07, 6.45) is 0.936. The lowest BCUT2D eigenvalue weighted by atomic mass is 10.1. The molecule has 0 saturated heterocycles. The Morgan fingerprint density at radius 2 is 2.16 bits per heavy atom. The highest BCUT2D eigenvalue weighted by atomic mass is 32.1. The highest BCUT2D eigenvalue weighted by molar-refractivity contribution is 7.80. The van der Waals surface area contributed by atoms with Crippen molar-refractivity contribution in [3.63, 3.8) is 0 Å². The fourth-order valence-electron chi connectivity index (χ4n) is 1.66. The standard InChI is InChI=1S/C14H22N2O2S/c1-11(12-6-4-7-13(10-12)18-3)16-14(19)15-8-5-9-17-2/h4,6-7,10-11H,5,8-9H2,1-3H3,(H2,15,16,19). The molecular formula is C14H22N2O2S. The first-order valence-corrected chi connectivity index (χ1v) is 6.75. The summed E-state index contributed by atoms with van der Waals surface area (Å²) in [5.41, 5.74) is 1.14. The predicted octanol–water partition coefficient (Wildman–Crippen LogP) is 2.26. The third-order valence-electron chi connectivity index (χ3n) is 2.75. The van der Waals surface area contributed by atoms with Crippen LogP contribution in [0.2, 0.25) is 0 Å². The van der Waals surface area contributed by atoms with Crippen LogP contribution in [0.5, 0.6) is 5.75 Å². The molecule has 0 spiro atoms. The monoisotopic (exact) mass is 282 g/mol. The SMILES string of the molecule is COCCCNC(=S)NC(C)c1cccc(OC)c1. The maximum absolute atomic E-state index is 5.25. The topological polar surface area (TPSA) is 42.5 Å². The van der Waals surface area contributed by atoms with Crippen LogP contribution in [0.3, 0.4) is 0 Å². The van der Waals surface area contributed by atoms with Gasteiger partial charge in [-0.1, -0.05) is 12.1 Å². The predicted molar refractivity (Wildman–Crippen MR) is 81.6 cm³/mol. The van der Waals surface area contributed by atoms with Crippen molar-refractivity contribution >= 4 is 17.3 Å². The van der Waals surface area contributed by atoms with Gasteiger partial charge in [0, 0.05) is 20.3 Å². The lowest BCUT2D eigenvalue weighted by Crippen LogP contribution is -2.37. The summed E-state index contributed by atoms with van der Waals surface area (Å²) < 4.78 is 10.2. The molecule has 5 heteroatoms. The van der Waals surface area contributed by atoms with E-state index in [2.05, 4.69) is 17.6 Å². The van der Waals surface area contributed by atoms with Crippen LogP contribution in [0.25, 0.3) is 0 Å². The van der Waals surface area contributed by atoms with Crippen LogP contribution in [0.4, 0.5) is 0 Å². The zero-order valence-electron chi connectivity index (χ0n) is 11.7. The molecule has 0 amide bonds. The number of methoxy groups -OCH3 is 2. The molecule has 2 N–H and O–H groups in total. The van der Waals surface area contributed by atoms with Crippen molar-refractivity contribution in [3.05, 3.63) is 29.8 Å². The number of thiocarbonyl (C=S) groups is 1. The summed E-state index contributed by atoms with van der Waals surface area (Å²) in [5, 5.41) is 7.06. The van der Waals surface area contributed by atoms with Gasteiger partial charge in [0.05, 0.1) is 13.2 Å². The van der Waals surface area contributed by atoms with Crippen LogP contribution in [-0.4, -0.2) is 32.5 Å². The molecule has 0 saturated carbocycles. The minimum atomic E-state index is 0.137. The Kier molecular flexibility index (Phi) is 7.22. The third kappa shape index (κ3) is 5.89. The third-order valence-corrected chi connectivity index (χ3v) is 3.01. The zero-order chi connectivity index (χ0) is 14.1. The quantitative estimate of drug-likeness (QED) is 0.593. The van der Waals surface area contributed by atoms with Crippen molar-refractivity contribution in [2.75, 3.05) is 27.4 Å². The summed E-state index contributed by atoms with van der Waals surface area (Å²) in [7, 11) is 3.36. The highest BCUT2D eigenvalue weighted by Crippen LogP contribution is 2.18. The molecule has 1 aromatic rings. The Balaban J connectivity index is 2.40. The first-order valence-electron chi connectivity index (χ1n) is 6.34. The van der Waals surface area contributed by atoms with Gasteiger partial charge in [0.15, 0.2) is 5.11 Å². The van der Waals surface area contributed by atoms with Gasteiger partial charge >= 0.3 is 0 Å². The molecule has 4 nitrogen and oxygen atoms in total. The fraction of sp³-hybridized carbons (Fsp3) is 0.500. The maximum atomic E-state index is 5.25. The second-order valence-electron chi connectivity index (χ2n) is 4.24. The van der Waals surface area contributed by atoms with Crippen molar-refractivity contribution in [1.82, 2.24) is 10.6 Å². The average molecular weight is 282 g/mol. The number of hydrogen-bond donors (Lipinski definition) is 2. The number of rotatable bonds is 7. The van der Waals surface area contributed by atoms with E-state index in [1.54, 1.807) is 14.2 Å². The lowest BCUT2D eigenvalue weighted by Gasteiger charge is -2.17. The maximum Gasteiger partial charge on any atom is 0.166 e. The van der Waals surface area contributed by atoms with Crippen molar-refractivity contribution < 1.29 is 9.47 Å². The molecular weight excluding hydrogens is 260 g/mol. The molecule has 1 atom stereocenters. The van der Waals surface area contributed by atoms with Gasteiger partial charge in [-0.3, -0.25) is 0 Å². The molecule has 1 rings (SSSR count). The summed E-state index contributed by atoms with van der Waals surface area (Å²) in [4.78, 5) is 0. The smallest absolute Gasteiger partial charge is 0.166 e. The van der Waals surface area contributed by atoms with Crippen molar-refractivity contribution in [3.8, 4) is 5.75 Å². The molecule has 0 aliphatic rings. The Hall–Kier alpha value is -1.33. The molecule has 106 valence electrons. The van der Waals surface area contributed by atoms with E-state index in [1.165, 1.54) is 0 Å². The van der Waals surface area contributed by atoms with Gasteiger partial charge in [-0.2, -0.15) is 0 Å². The van der Waals surface area contributed by atoms with Crippen LogP contribution in [0, 0.1) is 0 Å². The number of nitrogens with one attached hydrogen (secondary N) is 2. The van der Waals surface area contributed by atoms with Gasteiger partial charge in [0.25, 0.3) is 0 Å². The molecule has 19 heavy (non-hydrogen) atoms. The lowest BCUT2D eigenvalue weighted by molar-refractivity contribution is 0.195. The first kappa shape index (κ1) is 15.7. The van der Waals surface area contributed by atoms with E-state index >= 15 is 0 Å². The first-order chi connectivity index (χ1) is 9.17. The molecule has 0 heterocycles. The zero-order valence-corrected chi connectivity index (χ0v) is 12.5. The second kappa shape index (κ2) is 8.72. The fourth-order valence-corrected chi connectivity index (χ4v) is 1.94. The van der Waals surface area contributed by atoms with Gasteiger partial charge in [-0.05, 0) is 43.3 Å². The van der Waals surface area contributed by atoms with Crippen molar-refractivity contribution in [2.24, 2.45) is 0 Å². The van der Waals surface area contributed by atoms with Crippen LogP contribution in [0.15, 0.2) is 24.3 Å². The normalized spacial score (nSPS) is 11.7. The second-order valence-corrected chi connectivity index (χ2v) is 4.65. The van der Waals surface area contributed by atoms with Gasteiger partial charge in [-0.25, -0.2) is 0 Å². The van der Waals surface area contributed by atoms with E-state index in [0.29, 0.717) is 5.11 Å². The van der Waals surface area contributed by atoms with Crippen molar-refractivity contribution in [1.29, 1.82) is 0 Å². The number of hydrogen-bond acceptors (Lipinski definition) is 3. The average Bonchev–Trinajstić information content (AvgIpc) is 2.43. The van der Waals surface area contributed by atoms with E-state index in [4.69, 9.17) is 21.7 Å². The van der Waals surface area contributed by atoms with Crippen LogP contribution in [0.1, 0.15) is 24.9 Å². The number of benzene rings is 1. The molecule has 0 bridgehead atoms. The van der Waals surface area contributed by atoms with Crippen LogP contribution < -0.4 is 15.4 Å².